The van der Waals surface area contributed by atoms with Gasteiger partial charge in [0.2, 0.25) is 0 Å². The zero-order chi connectivity index (χ0) is 22.9. The maximum absolute atomic E-state index is 12.6. The number of methoxy groups -OCH3 is 1. The first-order valence-electron chi connectivity index (χ1n) is 9.76. The number of carbonyl (C=O) groups is 2. The van der Waals surface area contributed by atoms with Crippen molar-refractivity contribution in [3.05, 3.63) is 83.4 Å². The highest BCUT2D eigenvalue weighted by atomic mass is 16.6. The second kappa shape index (κ2) is 10.6. The van der Waals surface area contributed by atoms with E-state index in [0.29, 0.717) is 34.9 Å². The molecule has 32 heavy (non-hydrogen) atoms. The summed E-state index contributed by atoms with van der Waals surface area (Å²) in [5.41, 5.74) is 4.67. The number of para-hydroxylation sites is 1. The van der Waals surface area contributed by atoms with Crippen LogP contribution in [0.3, 0.4) is 0 Å². The molecular weight excluding hydrogens is 412 g/mol. The van der Waals surface area contributed by atoms with Crippen molar-refractivity contribution in [2.45, 2.75) is 6.92 Å². The van der Waals surface area contributed by atoms with Gasteiger partial charge in [-0.15, -0.1) is 0 Å². The van der Waals surface area contributed by atoms with Crippen molar-refractivity contribution in [3.8, 4) is 17.2 Å². The van der Waals surface area contributed by atoms with E-state index in [2.05, 4.69) is 10.5 Å². The van der Waals surface area contributed by atoms with Gasteiger partial charge in [0.15, 0.2) is 11.5 Å². The number of esters is 1. The molecule has 3 rings (SSSR count). The molecule has 0 heterocycles. The first-order valence-corrected chi connectivity index (χ1v) is 9.76. The zero-order valence-corrected chi connectivity index (χ0v) is 17.6. The Morgan fingerprint density at radius 1 is 1.00 bits per heavy atom. The van der Waals surface area contributed by atoms with Gasteiger partial charge in [-0.3, -0.25) is 5.43 Å². The Balaban J connectivity index is 1.73. The van der Waals surface area contributed by atoms with Gasteiger partial charge in [-0.2, -0.15) is 5.10 Å². The molecule has 3 aromatic carbocycles. The lowest BCUT2D eigenvalue weighted by atomic mass is 10.2. The molecular formula is C24H22N2O6. The lowest BCUT2D eigenvalue weighted by Crippen LogP contribution is -2.11. The molecule has 0 saturated heterocycles. The third kappa shape index (κ3) is 5.63. The molecule has 8 nitrogen and oxygen atoms in total. The van der Waals surface area contributed by atoms with Crippen molar-refractivity contribution in [3.63, 3.8) is 0 Å². The standard InChI is InChI=1S/C24H22N2O6/c1-3-31-22-14-16(15-25-26-18-11-9-17(10-12-18)23(27)28)8-13-21(22)32-24(29)19-6-4-5-7-20(19)30-2/h4-15,26H,3H2,1-2H3,(H,27,28). The fourth-order valence-electron chi connectivity index (χ4n) is 2.79. The fraction of sp³-hybridized carbons (Fsp3) is 0.125. The van der Waals surface area contributed by atoms with E-state index in [1.165, 1.54) is 19.2 Å². The second-order valence-corrected chi connectivity index (χ2v) is 6.48. The highest BCUT2D eigenvalue weighted by Gasteiger charge is 2.16. The van der Waals surface area contributed by atoms with Crippen LogP contribution in [0, 0.1) is 0 Å². The molecule has 0 aromatic heterocycles. The van der Waals surface area contributed by atoms with Crippen molar-refractivity contribution < 1.29 is 28.9 Å². The molecule has 0 bridgehead atoms. The third-order valence-electron chi connectivity index (χ3n) is 4.34. The first-order chi connectivity index (χ1) is 15.5. The van der Waals surface area contributed by atoms with Gasteiger partial charge in [0, 0.05) is 0 Å². The number of nitrogens with zero attached hydrogens (tertiary/aromatic N) is 1. The Bertz CT molecular complexity index is 1130. The number of benzene rings is 3. The summed E-state index contributed by atoms with van der Waals surface area (Å²) in [6, 6.07) is 18.1. The highest BCUT2D eigenvalue weighted by molar-refractivity contribution is 5.94. The number of nitrogens with one attached hydrogen (secondary N) is 1. The topological polar surface area (TPSA) is 106 Å². The highest BCUT2D eigenvalue weighted by Crippen LogP contribution is 2.30. The van der Waals surface area contributed by atoms with Crippen molar-refractivity contribution in [2.24, 2.45) is 5.10 Å². The summed E-state index contributed by atoms with van der Waals surface area (Å²) < 4.78 is 16.4. The molecule has 3 aromatic rings. The molecule has 8 heteroatoms. The lowest BCUT2D eigenvalue weighted by molar-refractivity contribution is 0.0693. The smallest absolute Gasteiger partial charge is 0.347 e. The van der Waals surface area contributed by atoms with Gasteiger partial charge >= 0.3 is 11.9 Å². The van der Waals surface area contributed by atoms with Gasteiger partial charge in [0.25, 0.3) is 0 Å². The number of hydrogen-bond acceptors (Lipinski definition) is 7. The first kappa shape index (κ1) is 22.4. The van der Waals surface area contributed by atoms with Crippen LogP contribution in [0.1, 0.15) is 33.2 Å². The van der Waals surface area contributed by atoms with Crippen LogP contribution in [0.25, 0.3) is 0 Å². The van der Waals surface area contributed by atoms with Crippen molar-refractivity contribution >= 4 is 23.8 Å². The quantitative estimate of drug-likeness (QED) is 0.222. The molecule has 164 valence electrons. The Labute approximate surface area is 185 Å². The second-order valence-electron chi connectivity index (χ2n) is 6.48. The van der Waals surface area contributed by atoms with E-state index in [4.69, 9.17) is 19.3 Å². The third-order valence-corrected chi connectivity index (χ3v) is 4.34. The number of ether oxygens (including phenoxy) is 3. The van der Waals surface area contributed by atoms with Gasteiger partial charge < -0.3 is 19.3 Å². The van der Waals surface area contributed by atoms with Crippen molar-refractivity contribution in [1.82, 2.24) is 0 Å². The summed E-state index contributed by atoms with van der Waals surface area (Å²) >= 11 is 0. The van der Waals surface area contributed by atoms with E-state index in [1.807, 2.05) is 6.92 Å². The molecule has 0 unspecified atom stereocenters. The number of anilines is 1. The van der Waals surface area contributed by atoms with Crippen LogP contribution < -0.4 is 19.6 Å². The monoisotopic (exact) mass is 434 g/mol. The summed E-state index contributed by atoms with van der Waals surface area (Å²) in [6.45, 7) is 2.21. The van der Waals surface area contributed by atoms with Crippen LogP contribution >= 0.6 is 0 Å². The number of rotatable bonds is 9. The number of hydrogen-bond donors (Lipinski definition) is 2. The molecule has 0 saturated carbocycles. The van der Waals surface area contributed by atoms with Crippen LogP contribution in [0.15, 0.2) is 71.8 Å². The van der Waals surface area contributed by atoms with Gasteiger partial charge in [-0.1, -0.05) is 12.1 Å². The van der Waals surface area contributed by atoms with Crippen LogP contribution in [0.4, 0.5) is 5.69 Å². The fourth-order valence-corrected chi connectivity index (χ4v) is 2.79. The maximum Gasteiger partial charge on any atom is 0.347 e. The normalized spacial score (nSPS) is 10.6. The number of hydrazone groups is 1. The van der Waals surface area contributed by atoms with Crippen LogP contribution in [0.2, 0.25) is 0 Å². The molecule has 0 aliphatic rings. The van der Waals surface area contributed by atoms with E-state index >= 15 is 0 Å². The maximum atomic E-state index is 12.6. The van der Waals surface area contributed by atoms with Crippen molar-refractivity contribution in [1.29, 1.82) is 0 Å². The van der Waals surface area contributed by atoms with Gasteiger partial charge in [-0.25, -0.2) is 9.59 Å². The molecule has 0 radical (unpaired) electrons. The van der Waals surface area contributed by atoms with Gasteiger partial charge in [0.1, 0.15) is 11.3 Å². The Kier molecular flexibility index (Phi) is 7.42. The Hall–Kier alpha value is -4.33. The summed E-state index contributed by atoms with van der Waals surface area (Å²) in [5.74, 6) is -0.462. The minimum atomic E-state index is -0.991. The summed E-state index contributed by atoms with van der Waals surface area (Å²) in [7, 11) is 1.49. The number of carboxylic acids is 1. The Morgan fingerprint density at radius 3 is 2.44 bits per heavy atom. The van der Waals surface area contributed by atoms with Gasteiger partial charge in [0.05, 0.1) is 31.2 Å². The molecule has 0 fully saturated rings. The minimum absolute atomic E-state index is 0.194. The predicted octanol–water partition coefficient (Wildman–Crippen LogP) is 4.46. The van der Waals surface area contributed by atoms with Crippen LogP contribution in [0.5, 0.6) is 17.2 Å². The Morgan fingerprint density at radius 2 is 1.75 bits per heavy atom. The molecule has 0 spiro atoms. The van der Waals surface area contributed by atoms with E-state index in [1.54, 1.807) is 60.8 Å². The average Bonchev–Trinajstić information content (AvgIpc) is 2.81. The van der Waals surface area contributed by atoms with Gasteiger partial charge in [-0.05, 0) is 67.1 Å². The largest absolute Gasteiger partial charge is 0.496 e. The van der Waals surface area contributed by atoms with E-state index in [-0.39, 0.29) is 11.3 Å². The summed E-state index contributed by atoms with van der Waals surface area (Å²) in [6.07, 6.45) is 1.57. The predicted molar refractivity (Wildman–Crippen MR) is 120 cm³/mol. The minimum Gasteiger partial charge on any atom is -0.496 e. The number of aromatic carboxylic acids is 1. The summed E-state index contributed by atoms with van der Waals surface area (Å²) in [4.78, 5) is 23.5. The van der Waals surface area contributed by atoms with E-state index in [0.717, 1.165) is 0 Å². The lowest BCUT2D eigenvalue weighted by Gasteiger charge is -2.12. The average molecular weight is 434 g/mol. The molecule has 0 atom stereocenters. The zero-order valence-electron chi connectivity index (χ0n) is 17.6. The molecule has 2 N–H and O–H groups in total. The number of carbonyl (C=O) groups excluding carboxylic acids is 1. The van der Waals surface area contributed by atoms with Crippen LogP contribution in [-0.4, -0.2) is 37.0 Å². The van der Waals surface area contributed by atoms with E-state index in [9.17, 15) is 9.59 Å². The SMILES string of the molecule is CCOc1cc(C=NNc2ccc(C(=O)O)cc2)ccc1OC(=O)c1ccccc1OC. The van der Waals surface area contributed by atoms with Crippen molar-refractivity contribution in [2.75, 3.05) is 19.1 Å². The number of carboxylic acid groups (broad SMARTS) is 1. The molecule has 0 aliphatic heterocycles. The summed E-state index contributed by atoms with van der Waals surface area (Å²) in [5, 5.41) is 13.1. The molecule has 0 amide bonds. The molecule has 0 aliphatic carbocycles. The van der Waals surface area contributed by atoms with Crippen LogP contribution in [-0.2, 0) is 0 Å². The van der Waals surface area contributed by atoms with E-state index < -0.39 is 11.9 Å².